The Morgan fingerprint density at radius 3 is 1.77 bits per heavy atom. The number of anilines is 2. The minimum Gasteiger partial charge on any atom is -0.540 e. The van der Waals surface area contributed by atoms with Crippen LogP contribution in [-0.4, -0.2) is 72.2 Å². The molecule has 1 aliphatic carbocycles. The van der Waals surface area contributed by atoms with Gasteiger partial charge in [0.1, 0.15) is 16.8 Å². The molecule has 1 aliphatic rings. The van der Waals surface area contributed by atoms with Crippen LogP contribution in [0.4, 0.5) is 37.1 Å². The van der Waals surface area contributed by atoms with Crippen LogP contribution in [0.2, 0.25) is 0 Å². The number of hydrogen-bond donors (Lipinski definition) is 5. The smallest absolute Gasteiger partial charge is 0.540 e. The molecule has 8 rings (SSSR count). The Morgan fingerprint density at radius 1 is 0.681 bits per heavy atom. The second-order valence-corrected chi connectivity index (χ2v) is 19.5. The second kappa shape index (κ2) is 20.3. The van der Waals surface area contributed by atoms with Crippen LogP contribution in [-0.2, 0) is 25.3 Å². The quantitative estimate of drug-likeness (QED) is 0.0432. The molecule has 21 heteroatoms. The van der Waals surface area contributed by atoms with Crippen LogP contribution in [0.25, 0.3) is 50.2 Å². The number of non-ortho nitro benzene ring substituents is 2. The molecule has 5 N–H and O–H groups in total. The van der Waals surface area contributed by atoms with Gasteiger partial charge in [0.05, 0.1) is 37.1 Å². The van der Waals surface area contributed by atoms with Gasteiger partial charge in [-0.15, -0.1) is 0 Å². The number of H-pyrrole nitrogens is 2. The number of halogens is 1. The number of carbonyl (C=O) groups excluding carboxylic acids is 3. The molecule has 0 saturated carbocycles. The summed E-state index contributed by atoms with van der Waals surface area (Å²) in [7, 11) is 0.664. The van der Waals surface area contributed by atoms with Crippen molar-refractivity contribution in [2.75, 3.05) is 10.6 Å². The van der Waals surface area contributed by atoms with Gasteiger partial charge < -0.3 is 33.9 Å². The molecule has 1 radical (unpaired) electrons. The molecule has 0 saturated heterocycles. The van der Waals surface area contributed by atoms with E-state index in [9.17, 15) is 34.6 Å². The fourth-order valence-corrected chi connectivity index (χ4v) is 7.39. The summed E-state index contributed by atoms with van der Waals surface area (Å²) in [4.78, 5) is 64.2. The number of hydrogen-bond acceptors (Lipinski definition) is 12. The monoisotopic (exact) mass is 1010 g/mol. The van der Waals surface area contributed by atoms with Gasteiger partial charge in [-0.05, 0) is 156 Å². The fraction of sp³-hybridized carbons (Fsp3) is 0.271. The average Bonchev–Trinajstić information content (AvgIpc) is 4.01. The number of benzene rings is 4. The number of rotatable bonds is 7. The number of allylic oxidation sites excluding steroid dienone is 1. The van der Waals surface area contributed by atoms with Gasteiger partial charge in [-0.25, -0.2) is 19.0 Å². The van der Waals surface area contributed by atoms with Gasteiger partial charge in [0.25, 0.3) is 11.4 Å². The Bertz CT molecular complexity index is 3140. The van der Waals surface area contributed by atoms with Crippen molar-refractivity contribution in [2.45, 2.75) is 85.5 Å². The van der Waals surface area contributed by atoms with Gasteiger partial charge in [0.2, 0.25) is 0 Å². The minimum absolute atomic E-state index is 0.0291. The zero-order valence-electron chi connectivity index (χ0n) is 39.2. The third kappa shape index (κ3) is 13.7. The van der Waals surface area contributed by atoms with Gasteiger partial charge in [0.15, 0.2) is 0 Å². The van der Waals surface area contributed by atoms with E-state index >= 15 is 0 Å². The number of aromatic nitrogens is 3. The summed E-state index contributed by atoms with van der Waals surface area (Å²) in [6, 6.07) is 25.2. The first-order valence-corrected chi connectivity index (χ1v) is 22.1. The number of nitrogens with one attached hydrogen (secondary N) is 4. The van der Waals surface area contributed by atoms with E-state index in [2.05, 4.69) is 36.5 Å². The van der Waals surface area contributed by atoms with E-state index in [0.717, 1.165) is 26.6 Å². The summed E-state index contributed by atoms with van der Waals surface area (Å²) in [6.45, 7) is 16.1. The number of fused-ring (bicyclic) bond motifs is 4. The average molecular weight is 1010 g/mol. The summed E-state index contributed by atoms with van der Waals surface area (Å²) in [5.41, 5.74) is 4.58. The number of nitro groups is 2. The molecule has 3 aromatic heterocycles. The molecular formula is C48H50BBrN7O12. The van der Waals surface area contributed by atoms with E-state index in [-0.39, 0.29) is 11.4 Å². The molecular weight excluding hydrogens is 957 g/mol. The van der Waals surface area contributed by atoms with Crippen LogP contribution in [0.15, 0.2) is 101 Å². The van der Waals surface area contributed by atoms with Gasteiger partial charge in [-0.3, -0.25) is 30.9 Å². The normalized spacial score (nSPS) is 12.1. The minimum atomic E-state index is -0.732. The van der Waals surface area contributed by atoms with E-state index in [1.54, 1.807) is 84.0 Å². The van der Waals surface area contributed by atoms with Gasteiger partial charge in [-0.1, -0.05) is 6.07 Å². The van der Waals surface area contributed by atoms with Crippen molar-refractivity contribution in [3.63, 3.8) is 0 Å². The molecule has 0 aliphatic heterocycles. The van der Waals surface area contributed by atoms with E-state index < -0.39 is 44.9 Å². The molecule has 4 aromatic carbocycles. The third-order valence-corrected chi connectivity index (χ3v) is 10.00. The molecule has 359 valence electrons. The third-order valence-electron chi connectivity index (χ3n) is 9.57. The van der Waals surface area contributed by atoms with Crippen molar-refractivity contribution in [3.8, 4) is 11.4 Å². The number of aromatic amines is 2. The SMILES string of the molecule is CC(C)(C)OC(=O)Nc1ccc2c(c1)C=C(O[B]O)C2.CC(C)(C)OC(=O)Nc1ccc2c(c1)cc(-c1cc3cc([N+](=O)[O-])ccc3[nH]1)n2C(=O)OC(C)(C)C.O=[N+]([O-])c1ccc2[nH]c(Br)cc2c1. The van der Waals surface area contributed by atoms with Crippen LogP contribution in [0, 0.1) is 20.2 Å². The molecule has 0 bridgehead atoms. The molecule has 0 unspecified atom stereocenters. The van der Waals surface area contributed by atoms with E-state index in [4.69, 9.17) is 23.9 Å². The first kappa shape index (κ1) is 50.8. The number of nitrogens with zero attached hydrogens (tertiary/aromatic N) is 3. The summed E-state index contributed by atoms with van der Waals surface area (Å²) in [6.07, 6.45) is 0.789. The van der Waals surface area contributed by atoms with Gasteiger partial charge in [0, 0.05) is 69.3 Å². The number of carbonyl (C=O) groups is 3. The van der Waals surface area contributed by atoms with Crippen LogP contribution in [0.3, 0.4) is 0 Å². The Morgan fingerprint density at radius 2 is 1.22 bits per heavy atom. The maximum atomic E-state index is 13.3. The molecule has 2 amide bonds. The van der Waals surface area contributed by atoms with E-state index in [0.29, 0.717) is 64.4 Å². The first-order valence-electron chi connectivity index (χ1n) is 21.3. The second-order valence-electron chi connectivity index (χ2n) is 18.7. The maximum absolute atomic E-state index is 13.3. The molecule has 3 heterocycles. The number of amides is 2. The van der Waals surface area contributed by atoms with Crippen molar-refractivity contribution in [3.05, 3.63) is 133 Å². The van der Waals surface area contributed by atoms with Crippen molar-refractivity contribution >= 4 is 103 Å². The Labute approximate surface area is 404 Å². The standard InChI is InChI=1S/C26H28N4O6.C14H17BNO4.C8H5BrN2O2/c1-25(2,3)35-23(31)27-17-7-10-21-16(11-17)14-22(29(21)24(32)36-26(4,5)6)20-13-15-12-18(30(33)34)8-9-19(15)28-20;1-14(2,3)19-13(17)16-11-5-4-9-7-12(20-15-18)8-10(9)6-11;9-8-4-5-3-6(11(12)13)1-2-7(5)10-8/h7-14,28H,1-6H3,(H,27,31);4-6,8,18H,7H2,1-3H3,(H,16,17);1-4,10H. The lowest BCUT2D eigenvalue weighted by Gasteiger charge is -2.21. The predicted molar refractivity (Wildman–Crippen MR) is 267 cm³/mol. The Hall–Kier alpha value is -7.65. The topological polar surface area (TPSA) is 255 Å². The van der Waals surface area contributed by atoms with Crippen molar-refractivity contribution < 1.29 is 48.1 Å². The molecule has 19 nitrogen and oxygen atoms in total. The van der Waals surface area contributed by atoms with E-state index in [1.165, 1.54) is 28.8 Å². The lowest BCUT2D eigenvalue weighted by Crippen LogP contribution is -2.27. The lowest BCUT2D eigenvalue weighted by molar-refractivity contribution is -0.384. The highest BCUT2D eigenvalue weighted by atomic mass is 79.9. The number of nitro benzene ring substituents is 2. The van der Waals surface area contributed by atoms with Crippen molar-refractivity contribution in [1.29, 1.82) is 0 Å². The summed E-state index contributed by atoms with van der Waals surface area (Å²) in [5.74, 6) is 0.664. The summed E-state index contributed by atoms with van der Waals surface area (Å²) in [5, 5.41) is 37.8. The first-order chi connectivity index (χ1) is 32.2. The van der Waals surface area contributed by atoms with Crippen molar-refractivity contribution in [1.82, 2.24) is 14.5 Å². The lowest BCUT2D eigenvalue weighted by atomic mass is 10.1. The zero-order valence-corrected chi connectivity index (χ0v) is 40.8. The van der Waals surface area contributed by atoms with E-state index in [1.807, 2.05) is 51.1 Å². The molecule has 0 spiro atoms. The highest BCUT2D eigenvalue weighted by Crippen LogP contribution is 2.34. The maximum Gasteiger partial charge on any atom is 0.569 e. The highest BCUT2D eigenvalue weighted by molar-refractivity contribution is 9.10. The Balaban J connectivity index is 0.000000197. The molecule has 0 atom stereocenters. The van der Waals surface area contributed by atoms with Gasteiger partial charge in [-0.2, -0.15) is 0 Å². The van der Waals surface area contributed by atoms with Crippen LogP contribution < -0.4 is 10.6 Å². The summed E-state index contributed by atoms with van der Waals surface area (Å²) >= 11 is 3.26. The van der Waals surface area contributed by atoms with Crippen LogP contribution in [0.5, 0.6) is 0 Å². The number of ether oxygens (including phenoxy) is 3. The predicted octanol–water partition coefficient (Wildman–Crippen LogP) is 12.1. The molecule has 7 aromatic rings. The summed E-state index contributed by atoms with van der Waals surface area (Å²) < 4.78 is 23.4. The Kier molecular flexibility index (Phi) is 14.9. The largest absolute Gasteiger partial charge is 0.569 e. The van der Waals surface area contributed by atoms with Crippen LogP contribution >= 0.6 is 15.9 Å². The highest BCUT2D eigenvalue weighted by Gasteiger charge is 2.25. The zero-order chi connectivity index (χ0) is 50.6. The molecule has 69 heavy (non-hydrogen) atoms. The fourth-order valence-electron chi connectivity index (χ4n) is 6.93. The van der Waals surface area contributed by atoms with Gasteiger partial charge >= 0.3 is 26.0 Å². The molecule has 0 fully saturated rings. The van der Waals surface area contributed by atoms with Crippen molar-refractivity contribution in [2.24, 2.45) is 0 Å². The van der Waals surface area contributed by atoms with Crippen LogP contribution in [0.1, 0.15) is 73.4 Å².